The highest BCUT2D eigenvalue weighted by atomic mass is 35.5. The maximum atomic E-state index is 10.6. The third kappa shape index (κ3) is 2.04. The largest absolute Gasteiger partial charge is 0.326 e. The monoisotopic (exact) mass is 205 g/mol. The molecule has 5 heteroatoms. The SMILES string of the molecule is NCc1ccc(S(=O)O)cc1Cl. The van der Waals surface area contributed by atoms with Gasteiger partial charge in [-0.25, -0.2) is 4.21 Å². The topological polar surface area (TPSA) is 63.3 Å². The summed E-state index contributed by atoms with van der Waals surface area (Å²) in [5, 5.41) is 0.428. The van der Waals surface area contributed by atoms with Gasteiger partial charge in [0.1, 0.15) is 0 Å². The second-order valence-electron chi connectivity index (χ2n) is 2.21. The molecule has 0 saturated carbocycles. The van der Waals surface area contributed by atoms with Gasteiger partial charge < -0.3 is 10.3 Å². The van der Waals surface area contributed by atoms with Gasteiger partial charge in [0.05, 0.1) is 4.90 Å². The Balaban J connectivity index is 3.10. The molecule has 0 radical (unpaired) electrons. The number of hydrogen-bond acceptors (Lipinski definition) is 2. The van der Waals surface area contributed by atoms with Crippen LogP contribution in [0.2, 0.25) is 5.02 Å². The molecule has 0 heterocycles. The lowest BCUT2D eigenvalue weighted by Crippen LogP contribution is -1.98. The molecule has 0 fully saturated rings. The summed E-state index contributed by atoms with van der Waals surface area (Å²) >= 11 is 3.77. The summed E-state index contributed by atoms with van der Waals surface area (Å²) in [5.74, 6) is 0. The summed E-state index contributed by atoms with van der Waals surface area (Å²) < 4.78 is 19.3. The van der Waals surface area contributed by atoms with Crippen molar-refractivity contribution in [1.82, 2.24) is 0 Å². The van der Waals surface area contributed by atoms with Crippen LogP contribution >= 0.6 is 11.6 Å². The minimum atomic E-state index is -1.97. The van der Waals surface area contributed by atoms with Crippen molar-refractivity contribution in [3.05, 3.63) is 28.8 Å². The zero-order valence-electron chi connectivity index (χ0n) is 6.16. The molecule has 0 aliphatic carbocycles. The first-order chi connectivity index (χ1) is 5.65. The van der Waals surface area contributed by atoms with Crippen molar-refractivity contribution in [1.29, 1.82) is 0 Å². The first kappa shape index (κ1) is 9.67. The van der Waals surface area contributed by atoms with Crippen LogP contribution in [-0.4, -0.2) is 8.76 Å². The van der Waals surface area contributed by atoms with Gasteiger partial charge in [0.15, 0.2) is 11.1 Å². The lowest BCUT2D eigenvalue weighted by Gasteiger charge is -2.01. The Morgan fingerprint density at radius 3 is 2.67 bits per heavy atom. The summed E-state index contributed by atoms with van der Waals surface area (Å²) in [6.45, 7) is 0.331. The molecular weight excluding hydrogens is 198 g/mol. The van der Waals surface area contributed by atoms with E-state index in [1.807, 2.05) is 0 Å². The Hall–Kier alpha value is -0.420. The molecule has 1 unspecified atom stereocenters. The van der Waals surface area contributed by atoms with E-state index in [1.54, 1.807) is 6.07 Å². The molecular formula is C7H8ClNO2S. The predicted molar refractivity (Wildman–Crippen MR) is 48.4 cm³/mol. The Kier molecular flexibility index (Phi) is 3.22. The highest BCUT2D eigenvalue weighted by Gasteiger charge is 2.03. The molecule has 1 rings (SSSR count). The fourth-order valence-corrected chi connectivity index (χ4v) is 1.53. The quantitative estimate of drug-likeness (QED) is 0.717. The molecule has 0 aromatic heterocycles. The molecule has 1 aromatic carbocycles. The van der Waals surface area contributed by atoms with Crippen LogP contribution in [0.15, 0.2) is 23.1 Å². The molecule has 12 heavy (non-hydrogen) atoms. The van der Waals surface area contributed by atoms with Crippen molar-refractivity contribution in [2.45, 2.75) is 11.4 Å². The minimum Gasteiger partial charge on any atom is -0.326 e. The Morgan fingerprint density at radius 1 is 1.58 bits per heavy atom. The Morgan fingerprint density at radius 2 is 2.25 bits per heavy atom. The van der Waals surface area contributed by atoms with E-state index in [9.17, 15) is 4.21 Å². The van der Waals surface area contributed by atoms with E-state index in [2.05, 4.69) is 0 Å². The summed E-state index contributed by atoms with van der Waals surface area (Å²) in [6, 6.07) is 4.62. The molecule has 0 amide bonds. The van der Waals surface area contributed by atoms with Crippen LogP contribution in [0.3, 0.4) is 0 Å². The van der Waals surface area contributed by atoms with Gasteiger partial charge in [0.2, 0.25) is 0 Å². The van der Waals surface area contributed by atoms with E-state index in [1.165, 1.54) is 12.1 Å². The van der Waals surface area contributed by atoms with Crippen molar-refractivity contribution in [3.8, 4) is 0 Å². The highest BCUT2D eigenvalue weighted by Crippen LogP contribution is 2.18. The van der Waals surface area contributed by atoms with E-state index in [0.717, 1.165) is 5.56 Å². The van der Waals surface area contributed by atoms with Gasteiger partial charge in [-0.05, 0) is 17.7 Å². The maximum Gasteiger partial charge on any atom is 0.186 e. The van der Waals surface area contributed by atoms with Gasteiger partial charge in [-0.2, -0.15) is 0 Å². The maximum absolute atomic E-state index is 10.6. The van der Waals surface area contributed by atoms with Crippen LogP contribution in [0.5, 0.6) is 0 Å². The van der Waals surface area contributed by atoms with Crippen LogP contribution in [0.1, 0.15) is 5.56 Å². The van der Waals surface area contributed by atoms with Crippen LogP contribution in [-0.2, 0) is 17.6 Å². The van der Waals surface area contributed by atoms with Crippen molar-refractivity contribution in [2.24, 2.45) is 5.73 Å². The molecule has 0 spiro atoms. The van der Waals surface area contributed by atoms with E-state index < -0.39 is 11.1 Å². The second kappa shape index (κ2) is 4.00. The van der Waals surface area contributed by atoms with E-state index >= 15 is 0 Å². The molecule has 1 aromatic rings. The number of hydrogen-bond donors (Lipinski definition) is 2. The van der Waals surface area contributed by atoms with Crippen LogP contribution in [0.4, 0.5) is 0 Å². The molecule has 0 bridgehead atoms. The minimum absolute atomic E-state index is 0.289. The third-order valence-electron chi connectivity index (χ3n) is 1.45. The van der Waals surface area contributed by atoms with Gasteiger partial charge >= 0.3 is 0 Å². The molecule has 3 nitrogen and oxygen atoms in total. The Labute approximate surface area is 77.8 Å². The van der Waals surface area contributed by atoms with Crippen LogP contribution in [0, 0.1) is 0 Å². The fourth-order valence-electron chi connectivity index (χ4n) is 0.802. The summed E-state index contributed by atoms with van der Waals surface area (Å²) in [7, 11) is 0. The normalized spacial score (nSPS) is 12.9. The van der Waals surface area contributed by atoms with E-state index in [0.29, 0.717) is 11.6 Å². The van der Waals surface area contributed by atoms with Gasteiger partial charge in [0, 0.05) is 11.6 Å². The first-order valence-electron chi connectivity index (χ1n) is 3.24. The zero-order valence-corrected chi connectivity index (χ0v) is 7.73. The summed E-state index contributed by atoms with van der Waals surface area (Å²) in [6.07, 6.45) is 0. The standard InChI is InChI=1S/C7H8ClNO2S/c8-7-3-6(12(10)11)2-1-5(7)4-9/h1-3H,4,9H2,(H,10,11). The average molecular weight is 206 g/mol. The van der Waals surface area contributed by atoms with Crippen molar-refractivity contribution < 1.29 is 8.76 Å². The van der Waals surface area contributed by atoms with E-state index in [-0.39, 0.29) is 4.90 Å². The van der Waals surface area contributed by atoms with Crippen LogP contribution in [0.25, 0.3) is 0 Å². The zero-order chi connectivity index (χ0) is 9.14. The fraction of sp³-hybridized carbons (Fsp3) is 0.143. The van der Waals surface area contributed by atoms with Crippen molar-refractivity contribution in [2.75, 3.05) is 0 Å². The number of halogens is 1. The lowest BCUT2D eigenvalue weighted by molar-refractivity contribution is 0.564. The number of rotatable bonds is 2. The molecule has 1 atom stereocenters. The smallest absolute Gasteiger partial charge is 0.186 e. The molecule has 0 aliphatic rings. The third-order valence-corrected chi connectivity index (χ3v) is 2.46. The lowest BCUT2D eigenvalue weighted by atomic mass is 10.2. The van der Waals surface area contributed by atoms with Gasteiger partial charge in [0.25, 0.3) is 0 Å². The molecule has 3 N–H and O–H groups in total. The summed E-state index contributed by atoms with van der Waals surface area (Å²) in [5.41, 5.74) is 6.12. The molecule has 66 valence electrons. The van der Waals surface area contributed by atoms with Crippen LogP contribution < -0.4 is 5.73 Å². The van der Waals surface area contributed by atoms with Gasteiger partial charge in [-0.15, -0.1) is 0 Å². The predicted octanol–water partition coefficient (Wildman–Crippen LogP) is 1.38. The van der Waals surface area contributed by atoms with Crippen molar-refractivity contribution >= 4 is 22.7 Å². The summed E-state index contributed by atoms with van der Waals surface area (Å²) in [4.78, 5) is 0.289. The Bertz CT molecular complexity index is 316. The van der Waals surface area contributed by atoms with Gasteiger partial charge in [-0.1, -0.05) is 17.7 Å². The van der Waals surface area contributed by atoms with E-state index in [4.69, 9.17) is 21.9 Å². The second-order valence-corrected chi connectivity index (χ2v) is 3.58. The highest BCUT2D eigenvalue weighted by molar-refractivity contribution is 7.79. The van der Waals surface area contributed by atoms with Gasteiger partial charge in [-0.3, -0.25) is 0 Å². The number of benzene rings is 1. The molecule has 0 saturated heterocycles. The number of nitrogens with two attached hydrogens (primary N) is 1. The average Bonchev–Trinajstić information content (AvgIpc) is 2.04. The first-order valence-corrected chi connectivity index (χ1v) is 4.73. The van der Waals surface area contributed by atoms with Crippen molar-refractivity contribution in [3.63, 3.8) is 0 Å². The molecule has 0 aliphatic heterocycles.